The maximum atomic E-state index is 12.4. The van der Waals surface area contributed by atoms with Crippen LogP contribution in [0.5, 0.6) is 0 Å². The third-order valence-corrected chi connectivity index (χ3v) is 5.01. The van der Waals surface area contributed by atoms with E-state index < -0.39 is 22.0 Å². The number of nitrogens with zero attached hydrogens (tertiary/aromatic N) is 1. The van der Waals surface area contributed by atoms with Crippen LogP contribution in [0.1, 0.15) is 28.9 Å². The number of aromatic carboxylic acids is 1. The van der Waals surface area contributed by atoms with Crippen LogP contribution in [0.2, 0.25) is 5.02 Å². The SMILES string of the molecule is CC(NS(=O)(=O)c1cc(C(=O)O)ccc1Cl)c1cccnc1. The maximum absolute atomic E-state index is 12.4. The fourth-order valence-corrected chi connectivity index (χ4v) is 3.60. The molecule has 2 N–H and O–H groups in total. The van der Waals surface area contributed by atoms with Crippen molar-refractivity contribution in [1.29, 1.82) is 0 Å². The van der Waals surface area contributed by atoms with E-state index in [1.165, 1.54) is 12.1 Å². The zero-order valence-corrected chi connectivity index (χ0v) is 13.1. The summed E-state index contributed by atoms with van der Waals surface area (Å²) >= 11 is 5.89. The smallest absolute Gasteiger partial charge is 0.335 e. The zero-order chi connectivity index (χ0) is 16.3. The molecule has 1 unspecified atom stereocenters. The molecule has 2 aromatic rings. The van der Waals surface area contributed by atoms with Crippen molar-refractivity contribution in [3.63, 3.8) is 0 Å². The lowest BCUT2D eigenvalue weighted by atomic mass is 10.2. The van der Waals surface area contributed by atoms with Gasteiger partial charge in [-0.05, 0) is 36.8 Å². The molecular formula is C14H13ClN2O4S. The number of carboxylic acid groups (broad SMARTS) is 1. The Labute approximate surface area is 132 Å². The number of hydrogen-bond acceptors (Lipinski definition) is 4. The molecule has 116 valence electrons. The highest BCUT2D eigenvalue weighted by atomic mass is 35.5. The van der Waals surface area contributed by atoms with E-state index in [1.54, 1.807) is 31.5 Å². The summed E-state index contributed by atoms with van der Waals surface area (Å²) in [6.45, 7) is 1.66. The van der Waals surface area contributed by atoms with Crippen LogP contribution in [-0.2, 0) is 10.0 Å². The van der Waals surface area contributed by atoms with Crippen molar-refractivity contribution in [2.45, 2.75) is 17.9 Å². The summed E-state index contributed by atoms with van der Waals surface area (Å²) in [6.07, 6.45) is 3.13. The molecule has 0 aliphatic carbocycles. The molecular weight excluding hydrogens is 328 g/mol. The Hall–Kier alpha value is -1.96. The first-order valence-corrected chi connectivity index (χ1v) is 8.12. The summed E-state index contributed by atoms with van der Waals surface area (Å²) in [5.74, 6) is -1.23. The van der Waals surface area contributed by atoms with Gasteiger partial charge >= 0.3 is 5.97 Å². The zero-order valence-electron chi connectivity index (χ0n) is 11.5. The molecule has 1 heterocycles. The Morgan fingerprint density at radius 1 is 1.36 bits per heavy atom. The van der Waals surface area contributed by atoms with Crippen molar-refractivity contribution in [3.05, 3.63) is 58.9 Å². The van der Waals surface area contributed by atoms with Gasteiger partial charge in [-0.1, -0.05) is 17.7 Å². The predicted molar refractivity (Wildman–Crippen MR) is 81.4 cm³/mol. The molecule has 22 heavy (non-hydrogen) atoms. The summed E-state index contributed by atoms with van der Waals surface area (Å²) in [4.78, 5) is 14.6. The maximum Gasteiger partial charge on any atom is 0.335 e. The third kappa shape index (κ3) is 3.62. The molecule has 1 aromatic heterocycles. The number of benzene rings is 1. The Morgan fingerprint density at radius 2 is 2.09 bits per heavy atom. The van der Waals surface area contributed by atoms with E-state index in [4.69, 9.17) is 16.7 Å². The van der Waals surface area contributed by atoms with Crippen LogP contribution in [0.25, 0.3) is 0 Å². The summed E-state index contributed by atoms with van der Waals surface area (Å²) in [6, 6.07) is 6.40. The average molecular weight is 341 g/mol. The number of nitrogens with one attached hydrogen (secondary N) is 1. The molecule has 0 amide bonds. The summed E-state index contributed by atoms with van der Waals surface area (Å²) in [5.41, 5.74) is 0.524. The normalized spacial score (nSPS) is 12.8. The van der Waals surface area contributed by atoms with Crippen LogP contribution in [-0.4, -0.2) is 24.5 Å². The highest BCUT2D eigenvalue weighted by molar-refractivity contribution is 7.89. The second-order valence-corrected chi connectivity index (χ2v) is 6.67. The number of carboxylic acids is 1. The average Bonchev–Trinajstić information content (AvgIpc) is 2.47. The molecule has 0 fully saturated rings. The second kappa shape index (κ2) is 6.43. The quantitative estimate of drug-likeness (QED) is 0.871. The van der Waals surface area contributed by atoms with Gasteiger partial charge in [-0.25, -0.2) is 17.9 Å². The van der Waals surface area contributed by atoms with Crippen LogP contribution in [0.4, 0.5) is 0 Å². The molecule has 0 saturated carbocycles. The van der Waals surface area contributed by atoms with Gasteiger partial charge in [-0.2, -0.15) is 0 Å². The van der Waals surface area contributed by atoms with E-state index in [-0.39, 0.29) is 15.5 Å². The van der Waals surface area contributed by atoms with Crippen molar-refractivity contribution in [2.24, 2.45) is 0 Å². The van der Waals surface area contributed by atoms with Crippen molar-refractivity contribution in [3.8, 4) is 0 Å². The van der Waals surface area contributed by atoms with Gasteiger partial charge in [-0.15, -0.1) is 0 Å². The third-order valence-electron chi connectivity index (χ3n) is 2.98. The number of carbonyl (C=O) groups is 1. The minimum absolute atomic E-state index is 0.0455. The van der Waals surface area contributed by atoms with Crippen molar-refractivity contribution in [2.75, 3.05) is 0 Å². The van der Waals surface area contributed by atoms with Gasteiger partial charge in [0.2, 0.25) is 10.0 Å². The lowest BCUT2D eigenvalue weighted by Crippen LogP contribution is -2.27. The van der Waals surface area contributed by atoms with E-state index in [9.17, 15) is 13.2 Å². The summed E-state index contributed by atoms with van der Waals surface area (Å²) in [7, 11) is -3.97. The van der Waals surface area contributed by atoms with Crippen LogP contribution in [0.15, 0.2) is 47.6 Å². The van der Waals surface area contributed by atoms with Crippen LogP contribution >= 0.6 is 11.6 Å². The predicted octanol–water partition coefficient (Wildman–Crippen LogP) is 2.47. The Kier molecular flexibility index (Phi) is 4.80. The molecule has 0 aliphatic rings. The molecule has 0 saturated heterocycles. The fraction of sp³-hybridized carbons (Fsp3) is 0.143. The standard InChI is InChI=1S/C14H13ClN2O4S/c1-9(11-3-2-6-16-8-11)17-22(20,21)13-7-10(14(18)19)4-5-12(13)15/h2-9,17H,1H3,(H,18,19). The van der Waals surface area contributed by atoms with Gasteiger partial charge in [0.25, 0.3) is 0 Å². The molecule has 0 spiro atoms. The fourth-order valence-electron chi connectivity index (χ4n) is 1.84. The van der Waals surface area contributed by atoms with Gasteiger partial charge in [0.05, 0.1) is 10.6 Å². The highest BCUT2D eigenvalue weighted by Gasteiger charge is 2.22. The first-order chi connectivity index (χ1) is 10.3. The highest BCUT2D eigenvalue weighted by Crippen LogP contribution is 2.24. The molecule has 6 nitrogen and oxygen atoms in total. The number of pyridine rings is 1. The van der Waals surface area contributed by atoms with E-state index in [2.05, 4.69) is 9.71 Å². The Morgan fingerprint density at radius 3 is 2.68 bits per heavy atom. The topological polar surface area (TPSA) is 96.4 Å². The van der Waals surface area contributed by atoms with Gasteiger partial charge < -0.3 is 5.11 Å². The number of aromatic nitrogens is 1. The molecule has 0 aliphatic heterocycles. The van der Waals surface area contributed by atoms with E-state index in [0.29, 0.717) is 5.56 Å². The van der Waals surface area contributed by atoms with Crippen molar-refractivity contribution >= 4 is 27.6 Å². The molecule has 0 radical (unpaired) electrons. The van der Waals surface area contributed by atoms with Crippen LogP contribution in [0, 0.1) is 0 Å². The lowest BCUT2D eigenvalue weighted by Gasteiger charge is -2.15. The number of halogens is 1. The first-order valence-electron chi connectivity index (χ1n) is 6.26. The lowest BCUT2D eigenvalue weighted by molar-refractivity contribution is 0.0696. The van der Waals surface area contributed by atoms with Crippen molar-refractivity contribution < 1.29 is 18.3 Å². The number of rotatable bonds is 5. The largest absolute Gasteiger partial charge is 0.478 e. The molecule has 8 heteroatoms. The van der Waals surface area contributed by atoms with Crippen LogP contribution in [0.3, 0.4) is 0 Å². The second-order valence-electron chi connectivity index (χ2n) is 4.58. The van der Waals surface area contributed by atoms with E-state index in [1.807, 2.05) is 0 Å². The number of hydrogen-bond donors (Lipinski definition) is 2. The Bertz CT molecular complexity index is 794. The molecule has 0 bridgehead atoms. The van der Waals surface area contributed by atoms with Crippen LogP contribution < -0.4 is 4.72 Å². The molecule has 1 atom stereocenters. The van der Waals surface area contributed by atoms with Crippen molar-refractivity contribution in [1.82, 2.24) is 9.71 Å². The summed E-state index contributed by atoms with van der Waals surface area (Å²) < 4.78 is 27.3. The van der Waals surface area contributed by atoms with Gasteiger partial charge in [0.15, 0.2) is 0 Å². The molecule has 2 rings (SSSR count). The van der Waals surface area contributed by atoms with E-state index in [0.717, 1.165) is 6.07 Å². The minimum atomic E-state index is -3.97. The minimum Gasteiger partial charge on any atom is -0.478 e. The van der Waals surface area contributed by atoms with Gasteiger partial charge in [0, 0.05) is 18.4 Å². The molecule has 1 aromatic carbocycles. The Balaban J connectivity index is 2.35. The van der Waals surface area contributed by atoms with Gasteiger partial charge in [-0.3, -0.25) is 4.98 Å². The summed E-state index contributed by atoms with van der Waals surface area (Å²) in [5, 5.41) is 8.91. The first kappa shape index (κ1) is 16.4. The van der Waals surface area contributed by atoms with Gasteiger partial charge in [0.1, 0.15) is 4.90 Å². The monoisotopic (exact) mass is 340 g/mol. The van der Waals surface area contributed by atoms with E-state index >= 15 is 0 Å². The number of sulfonamides is 1.